The van der Waals surface area contributed by atoms with Crippen LogP contribution in [-0.2, 0) is 14.4 Å². The van der Waals surface area contributed by atoms with E-state index < -0.39 is 34.9 Å². The summed E-state index contributed by atoms with van der Waals surface area (Å²) in [5, 5.41) is 13.7. The summed E-state index contributed by atoms with van der Waals surface area (Å²) in [5.74, 6) is -3.70. The van der Waals surface area contributed by atoms with E-state index in [0.717, 1.165) is 16.7 Å². The van der Waals surface area contributed by atoms with Crippen LogP contribution in [0.4, 0.5) is 0 Å². The Labute approximate surface area is 172 Å². The second kappa shape index (κ2) is 6.94. The first kappa shape index (κ1) is 21.5. The smallest absolute Gasteiger partial charge is 0.325 e. The van der Waals surface area contributed by atoms with Gasteiger partial charge in [-0.2, -0.15) is 0 Å². The van der Waals surface area contributed by atoms with Crippen molar-refractivity contribution < 1.29 is 19.5 Å². The number of hydrogen-bond donors (Lipinski definition) is 2. The zero-order chi connectivity index (χ0) is 21.9. The number of amides is 2. The highest BCUT2D eigenvalue weighted by Crippen LogP contribution is 2.53. The molecule has 2 aliphatic heterocycles. The molecule has 2 N–H and O–H groups in total. The molecule has 1 aromatic rings. The summed E-state index contributed by atoms with van der Waals surface area (Å²) in [5.41, 5.74) is 0.719. The number of nitrogens with one attached hydrogen (secondary N) is 1. The van der Waals surface area contributed by atoms with Gasteiger partial charge in [-0.15, -0.1) is 0 Å². The molecule has 2 aliphatic rings. The van der Waals surface area contributed by atoms with Gasteiger partial charge in [0.05, 0.1) is 11.8 Å². The molecular formula is C23H32N2O4. The molecule has 6 nitrogen and oxygen atoms in total. The van der Waals surface area contributed by atoms with Crippen LogP contribution in [0.1, 0.15) is 63.8 Å². The molecular weight excluding hydrogens is 368 g/mol. The number of likely N-dealkylation sites (tertiary alicyclic amines) is 1. The number of nitrogens with zero attached hydrogens (tertiary/aromatic N) is 1. The van der Waals surface area contributed by atoms with Gasteiger partial charge < -0.3 is 5.11 Å². The first-order valence-corrected chi connectivity index (χ1v) is 10.3. The van der Waals surface area contributed by atoms with Gasteiger partial charge in [0.25, 0.3) is 0 Å². The Bertz CT molecular complexity index is 872. The van der Waals surface area contributed by atoms with Crippen molar-refractivity contribution in [3.8, 4) is 0 Å². The summed E-state index contributed by atoms with van der Waals surface area (Å²) in [6, 6.07) is 5.45. The van der Waals surface area contributed by atoms with E-state index in [-0.39, 0.29) is 17.7 Å². The summed E-state index contributed by atoms with van der Waals surface area (Å²) in [7, 11) is 0. The normalized spacial score (nSPS) is 30.6. The molecule has 5 unspecified atom stereocenters. The number of carboxylic acid groups (broad SMARTS) is 1. The average Bonchev–Trinajstić information content (AvgIpc) is 3.11. The Morgan fingerprint density at radius 1 is 1.24 bits per heavy atom. The van der Waals surface area contributed by atoms with Gasteiger partial charge in [-0.25, -0.2) is 0 Å². The molecule has 5 atom stereocenters. The van der Waals surface area contributed by atoms with Crippen molar-refractivity contribution in [3.05, 3.63) is 34.9 Å². The number of carbonyl (C=O) groups is 3. The monoisotopic (exact) mass is 400 g/mol. The van der Waals surface area contributed by atoms with Gasteiger partial charge in [0.1, 0.15) is 5.54 Å². The quantitative estimate of drug-likeness (QED) is 0.758. The van der Waals surface area contributed by atoms with Gasteiger partial charge in [0.15, 0.2) is 0 Å². The SMILES string of the molecule is CCC(C)C1(C(=O)O)NC(c2cc(C)ccc2C)C2C(=O)N(C(C)(C)C)C(=O)C21. The van der Waals surface area contributed by atoms with Gasteiger partial charge in [-0.05, 0) is 51.7 Å². The maximum atomic E-state index is 13.5. The standard InChI is InChI=1S/C23H32N2O4/c1-8-14(4)23(21(28)29)17-16(19(26)25(20(17)27)22(5,6)7)18(24-23)15-11-12(2)9-10-13(15)3/h9-11,14,16-18,24H,8H2,1-7H3,(H,28,29). The highest BCUT2D eigenvalue weighted by molar-refractivity contribution is 6.10. The Kier molecular flexibility index (Phi) is 5.14. The fourth-order valence-electron chi connectivity index (χ4n) is 5.15. The molecule has 0 radical (unpaired) electrons. The topological polar surface area (TPSA) is 86.7 Å². The van der Waals surface area contributed by atoms with Crippen molar-refractivity contribution in [2.45, 2.75) is 72.0 Å². The molecule has 0 spiro atoms. The lowest BCUT2D eigenvalue weighted by Crippen LogP contribution is -2.60. The van der Waals surface area contributed by atoms with Crippen LogP contribution in [0, 0.1) is 31.6 Å². The van der Waals surface area contributed by atoms with Crippen LogP contribution in [0.25, 0.3) is 0 Å². The molecule has 0 saturated carbocycles. The van der Waals surface area contributed by atoms with Crippen molar-refractivity contribution in [2.75, 3.05) is 0 Å². The van der Waals surface area contributed by atoms with Crippen LogP contribution in [0.3, 0.4) is 0 Å². The van der Waals surface area contributed by atoms with Crippen molar-refractivity contribution in [2.24, 2.45) is 17.8 Å². The van der Waals surface area contributed by atoms with Crippen LogP contribution >= 0.6 is 0 Å². The minimum absolute atomic E-state index is 0.280. The third-order valence-corrected chi connectivity index (χ3v) is 6.78. The number of carboxylic acids is 1. The van der Waals surface area contributed by atoms with E-state index in [0.29, 0.717) is 6.42 Å². The number of hydrogen-bond acceptors (Lipinski definition) is 4. The van der Waals surface area contributed by atoms with Crippen molar-refractivity contribution in [3.63, 3.8) is 0 Å². The molecule has 2 saturated heterocycles. The van der Waals surface area contributed by atoms with Crippen LogP contribution in [0.2, 0.25) is 0 Å². The minimum Gasteiger partial charge on any atom is -0.480 e. The molecule has 0 bridgehead atoms. The molecule has 2 amide bonds. The summed E-state index contributed by atoms with van der Waals surface area (Å²) in [6.45, 7) is 13.1. The molecule has 2 heterocycles. The lowest BCUT2D eigenvalue weighted by molar-refractivity contribution is -0.156. The number of imide groups is 1. The predicted octanol–water partition coefficient (Wildman–Crippen LogP) is 3.22. The average molecular weight is 401 g/mol. The number of rotatable bonds is 4. The Morgan fingerprint density at radius 3 is 2.38 bits per heavy atom. The maximum absolute atomic E-state index is 13.5. The highest BCUT2D eigenvalue weighted by Gasteiger charge is 2.70. The molecule has 0 aliphatic carbocycles. The zero-order valence-electron chi connectivity index (χ0n) is 18.4. The Morgan fingerprint density at radius 2 is 1.86 bits per heavy atom. The highest BCUT2D eigenvalue weighted by atomic mass is 16.4. The number of aryl methyl sites for hydroxylation is 2. The van der Waals surface area contributed by atoms with E-state index in [1.807, 2.05) is 66.7 Å². The van der Waals surface area contributed by atoms with E-state index in [4.69, 9.17) is 0 Å². The van der Waals surface area contributed by atoms with Crippen LogP contribution in [0.5, 0.6) is 0 Å². The first-order valence-electron chi connectivity index (χ1n) is 10.3. The summed E-state index contributed by atoms with van der Waals surface area (Å²) < 4.78 is 0. The Balaban J connectivity index is 2.26. The van der Waals surface area contributed by atoms with Crippen LogP contribution in [-0.4, -0.2) is 38.9 Å². The summed E-state index contributed by atoms with van der Waals surface area (Å²) in [6.07, 6.45) is 0.582. The van der Waals surface area contributed by atoms with Gasteiger partial charge in [-0.3, -0.25) is 24.6 Å². The van der Waals surface area contributed by atoms with E-state index in [9.17, 15) is 19.5 Å². The van der Waals surface area contributed by atoms with E-state index in [1.54, 1.807) is 0 Å². The van der Waals surface area contributed by atoms with Crippen molar-refractivity contribution in [1.82, 2.24) is 10.2 Å². The maximum Gasteiger partial charge on any atom is 0.325 e. The predicted molar refractivity (Wildman–Crippen MR) is 110 cm³/mol. The van der Waals surface area contributed by atoms with Gasteiger partial charge in [-0.1, -0.05) is 44.0 Å². The minimum atomic E-state index is -1.48. The van der Waals surface area contributed by atoms with E-state index >= 15 is 0 Å². The number of fused-ring (bicyclic) bond motifs is 1. The van der Waals surface area contributed by atoms with Gasteiger partial charge in [0.2, 0.25) is 11.8 Å². The third-order valence-electron chi connectivity index (χ3n) is 6.78. The molecule has 158 valence electrons. The summed E-state index contributed by atoms with van der Waals surface area (Å²) in [4.78, 5) is 41.0. The largest absolute Gasteiger partial charge is 0.480 e. The first-order chi connectivity index (χ1) is 13.4. The summed E-state index contributed by atoms with van der Waals surface area (Å²) >= 11 is 0. The third kappa shape index (κ3) is 3.00. The number of aliphatic carboxylic acids is 1. The van der Waals surface area contributed by atoms with Gasteiger partial charge in [0, 0.05) is 11.6 Å². The van der Waals surface area contributed by atoms with E-state index in [1.165, 1.54) is 4.90 Å². The second-order valence-electron chi connectivity index (χ2n) is 9.65. The van der Waals surface area contributed by atoms with Crippen molar-refractivity contribution in [1.29, 1.82) is 0 Å². The lowest BCUT2D eigenvalue weighted by Gasteiger charge is -2.38. The molecule has 0 aromatic heterocycles. The fraction of sp³-hybridized carbons (Fsp3) is 0.609. The fourth-order valence-corrected chi connectivity index (χ4v) is 5.15. The van der Waals surface area contributed by atoms with E-state index in [2.05, 4.69) is 5.32 Å². The van der Waals surface area contributed by atoms with Crippen LogP contribution < -0.4 is 5.32 Å². The molecule has 2 fully saturated rings. The van der Waals surface area contributed by atoms with Gasteiger partial charge >= 0.3 is 5.97 Å². The molecule has 6 heteroatoms. The molecule has 29 heavy (non-hydrogen) atoms. The second-order valence-corrected chi connectivity index (χ2v) is 9.65. The number of benzene rings is 1. The lowest BCUT2D eigenvalue weighted by atomic mass is 9.71. The molecule has 3 rings (SSSR count). The Hall–Kier alpha value is -2.21. The molecule has 1 aromatic carbocycles. The zero-order valence-corrected chi connectivity index (χ0v) is 18.4. The van der Waals surface area contributed by atoms with Crippen LogP contribution in [0.15, 0.2) is 18.2 Å². The van der Waals surface area contributed by atoms with Crippen molar-refractivity contribution >= 4 is 17.8 Å². The number of carbonyl (C=O) groups excluding carboxylic acids is 2.